The number of rotatable bonds is 7. The average Bonchev–Trinajstić information content (AvgIpc) is 3.51. The number of nitrogens with zero attached hydrogens (tertiary/aromatic N) is 1. The Morgan fingerprint density at radius 1 is 0.806 bits per heavy atom. The molecule has 7 nitrogen and oxygen atoms in total. The highest BCUT2D eigenvalue weighted by atomic mass is 79.9. The fourth-order valence-electron chi connectivity index (χ4n) is 3.53. The molecule has 0 spiro atoms. The summed E-state index contributed by atoms with van der Waals surface area (Å²) in [6, 6.07) is 26.4. The lowest BCUT2D eigenvalue weighted by atomic mass is 10.3. The lowest BCUT2D eigenvalue weighted by molar-refractivity contribution is -0.120. The minimum Gasteiger partial charge on any atom is -0.459 e. The molecule has 0 aliphatic carbocycles. The second kappa shape index (κ2) is 10.3. The second-order valence-corrected chi connectivity index (χ2v) is 9.67. The van der Waals surface area contributed by atoms with Crippen LogP contribution in [0.2, 0.25) is 0 Å². The van der Waals surface area contributed by atoms with Gasteiger partial charge in [-0.3, -0.25) is 14.4 Å². The number of furan rings is 1. The SMILES string of the molecule is O=C(Nc1ccc(SC2=C(Nc3ccc(Br)cc3)C(=O)N(c3ccccc3)C2=O)cc1)c1ccco1. The number of hydrogen-bond acceptors (Lipinski definition) is 6. The third kappa shape index (κ3) is 4.98. The highest BCUT2D eigenvalue weighted by molar-refractivity contribution is 9.10. The zero-order valence-electron chi connectivity index (χ0n) is 18.6. The quantitative estimate of drug-likeness (QED) is 0.259. The molecule has 1 aliphatic rings. The van der Waals surface area contributed by atoms with E-state index in [0.29, 0.717) is 17.1 Å². The number of thioether (sulfide) groups is 1. The molecule has 0 unspecified atom stereocenters. The van der Waals surface area contributed by atoms with Gasteiger partial charge >= 0.3 is 0 Å². The molecular formula is C27H18BrN3O4S. The van der Waals surface area contributed by atoms with Crippen LogP contribution >= 0.6 is 27.7 Å². The maximum Gasteiger partial charge on any atom is 0.291 e. The summed E-state index contributed by atoms with van der Waals surface area (Å²) in [5.74, 6) is -0.998. The standard InChI is InChI=1S/C27H18BrN3O4S/c28-17-8-10-18(11-9-17)29-23-24(27(34)31(26(23)33)20-5-2-1-3-6-20)36-21-14-12-19(13-15-21)30-25(32)22-7-4-16-35-22/h1-16,29H,(H,30,32). The number of anilines is 3. The number of amides is 3. The van der Waals surface area contributed by atoms with Crippen molar-refractivity contribution in [2.24, 2.45) is 0 Å². The van der Waals surface area contributed by atoms with Crippen molar-refractivity contribution in [1.82, 2.24) is 0 Å². The van der Waals surface area contributed by atoms with E-state index in [-0.39, 0.29) is 22.3 Å². The Bertz CT molecular complexity index is 1450. The molecule has 1 aliphatic heterocycles. The number of halogens is 1. The molecule has 0 fully saturated rings. The van der Waals surface area contributed by atoms with Gasteiger partial charge in [-0.2, -0.15) is 0 Å². The van der Waals surface area contributed by atoms with E-state index < -0.39 is 11.8 Å². The van der Waals surface area contributed by atoms with Crippen LogP contribution in [0, 0.1) is 0 Å². The first-order chi connectivity index (χ1) is 17.5. The highest BCUT2D eigenvalue weighted by Gasteiger charge is 2.40. The molecule has 9 heteroatoms. The number of benzene rings is 3. The summed E-state index contributed by atoms with van der Waals surface area (Å²) in [6.07, 6.45) is 1.43. The van der Waals surface area contributed by atoms with Gasteiger partial charge in [0.25, 0.3) is 17.7 Å². The maximum atomic E-state index is 13.4. The van der Waals surface area contributed by atoms with E-state index in [1.54, 1.807) is 60.7 Å². The Kier molecular flexibility index (Phi) is 6.75. The van der Waals surface area contributed by atoms with Gasteiger partial charge in [0.1, 0.15) is 10.6 Å². The van der Waals surface area contributed by atoms with Crippen LogP contribution in [0.25, 0.3) is 0 Å². The topological polar surface area (TPSA) is 91.7 Å². The van der Waals surface area contributed by atoms with Crippen molar-refractivity contribution in [2.45, 2.75) is 4.90 Å². The van der Waals surface area contributed by atoms with Gasteiger partial charge < -0.3 is 15.1 Å². The van der Waals surface area contributed by atoms with E-state index in [0.717, 1.165) is 9.37 Å². The monoisotopic (exact) mass is 559 g/mol. The summed E-state index contributed by atoms with van der Waals surface area (Å²) in [6.45, 7) is 0. The lowest BCUT2D eigenvalue weighted by Gasteiger charge is -2.15. The molecule has 2 N–H and O–H groups in total. The minimum absolute atomic E-state index is 0.200. The van der Waals surface area contributed by atoms with Crippen LogP contribution in [-0.4, -0.2) is 17.7 Å². The van der Waals surface area contributed by atoms with Crippen LogP contribution in [0.4, 0.5) is 17.1 Å². The molecule has 5 rings (SSSR count). The summed E-state index contributed by atoms with van der Waals surface area (Å²) in [5, 5.41) is 5.89. The smallest absolute Gasteiger partial charge is 0.291 e. The van der Waals surface area contributed by atoms with E-state index in [1.165, 1.54) is 22.9 Å². The molecule has 0 saturated heterocycles. The molecule has 36 heavy (non-hydrogen) atoms. The molecule has 4 aromatic rings. The minimum atomic E-state index is -0.432. The van der Waals surface area contributed by atoms with Crippen molar-refractivity contribution in [3.8, 4) is 0 Å². The van der Waals surface area contributed by atoms with Crippen LogP contribution in [0.5, 0.6) is 0 Å². The molecule has 0 atom stereocenters. The third-order valence-electron chi connectivity index (χ3n) is 5.25. The Morgan fingerprint density at radius 2 is 1.50 bits per heavy atom. The van der Waals surface area contributed by atoms with E-state index in [9.17, 15) is 14.4 Å². The van der Waals surface area contributed by atoms with Crippen molar-refractivity contribution in [1.29, 1.82) is 0 Å². The van der Waals surface area contributed by atoms with Crippen molar-refractivity contribution in [3.05, 3.63) is 118 Å². The number of hydrogen-bond donors (Lipinski definition) is 2. The zero-order chi connectivity index (χ0) is 25.1. The molecule has 1 aromatic heterocycles. The molecule has 2 heterocycles. The van der Waals surface area contributed by atoms with Crippen molar-refractivity contribution < 1.29 is 18.8 Å². The Hall–Kier alpha value is -4.08. The Morgan fingerprint density at radius 3 is 2.17 bits per heavy atom. The van der Waals surface area contributed by atoms with Crippen molar-refractivity contribution >= 4 is 62.5 Å². The first-order valence-electron chi connectivity index (χ1n) is 10.8. The van der Waals surface area contributed by atoms with Crippen LogP contribution in [0.15, 0.2) is 122 Å². The van der Waals surface area contributed by atoms with E-state index >= 15 is 0 Å². The second-order valence-electron chi connectivity index (χ2n) is 7.68. The Balaban J connectivity index is 1.41. The molecule has 178 valence electrons. The van der Waals surface area contributed by atoms with Gasteiger partial charge in [0.2, 0.25) is 0 Å². The average molecular weight is 560 g/mol. The fourth-order valence-corrected chi connectivity index (χ4v) is 4.72. The van der Waals surface area contributed by atoms with Crippen molar-refractivity contribution in [2.75, 3.05) is 15.5 Å². The summed E-state index contributed by atoms with van der Waals surface area (Å²) in [4.78, 5) is 41.2. The number of imide groups is 1. The predicted molar refractivity (Wildman–Crippen MR) is 143 cm³/mol. The third-order valence-corrected chi connectivity index (χ3v) is 6.87. The van der Waals surface area contributed by atoms with Gasteiger partial charge in [-0.05, 0) is 72.8 Å². The van der Waals surface area contributed by atoms with Crippen LogP contribution in [0.3, 0.4) is 0 Å². The maximum absolute atomic E-state index is 13.4. The summed E-state index contributed by atoms with van der Waals surface area (Å²) < 4.78 is 6.01. The molecular weight excluding hydrogens is 542 g/mol. The summed E-state index contributed by atoms with van der Waals surface area (Å²) >= 11 is 4.58. The first kappa shape index (κ1) is 23.7. The predicted octanol–water partition coefficient (Wildman–Crippen LogP) is 6.28. The number of carbonyl (C=O) groups is 3. The van der Waals surface area contributed by atoms with E-state index in [1.807, 2.05) is 30.3 Å². The van der Waals surface area contributed by atoms with Gasteiger partial charge in [-0.1, -0.05) is 45.9 Å². The fraction of sp³-hybridized carbons (Fsp3) is 0. The largest absolute Gasteiger partial charge is 0.459 e. The highest BCUT2D eigenvalue weighted by Crippen LogP contribution is 2.38. The number of nitrogens with one attached hydrogen (secondary N) is 2. The molecule has 0 saturated carbocycles. The van der Waals surface area contributed by atoms with Gasteiger partial charge in [0, 0.05) is 20.7 Å². The number of para-hydroxylation sites is 1. The van der Waals surface area contributed by atoms with Gasteiger partial charge in [-0.15, -0.1) is 0 Å². The molecule has 0 bridgehead atoms. The summed E-state index contributed by atoms with van der Waals surface area (Å²) in [7, 11) is 0. The lowest BCUT2D eigenvalue weighted by Crippen LogP contribution is -2.32. The molecule has 3 aromatic carbocycles. The van der Waals surface area contributed by atoms with Crippen LogP contribution in [-0.2, 0) is 9.59 Å². The van der Waals surface area contributed by atoms with Crippen LogP contribution < -0.4 is 15.5 Å². The van der Waals surface area contributed by atoms with E-state index in [4.69, 9.17) is 4.42 Å². The van der Waals surface area contributed by atoms with E-state index in [2.05, 4.69) is 26.6 Å². The molecule has 3 amide bonds. The van der Waals surface area contributed by atoms with Gasteiger partial charge in [0.05, 0.1) is 12.0 Å². The first-order valence-corrected chi connectivity index (χ1v) is 12.4. The summed E-state index contributed by atoms with van der Waals surface area (Å²) in [5.41, 5.74) is 1.95. The zero-order valence-corrected chi connectivity index (χ0v) is 21.0. The number of carbonyl (C=O) groups excluding carboxylic acids is 3. The Labute approximate surface area is 219 Å². The van der Waals surface area contributed by atoms with Crippen LogP contribution in [0.1, 0.15) is 10.6 Å². The van der Waals surface area contributed by atoms with Gasteiger partial charge in [0.15, 0.2) is 5.76 Å². The molecule has 0 radical (unpaired) electrons. The normalized spacial score (nSPS) is 13.3. The van der Waals surface area contributed by atoms with Gasteiger partial charge in [-0.25, -0.2) is 4.90 Å². The van der Waals surface area contributed by atoms with Crippen molar-refractivity contribution in [3.63, 3.8) is 0 Å².